The Morgan fingerprint density at radius 3 is 2.80 bits per heavy atom. The Labute approximate surface area is 205 Å². The molecule has 0 spiro atoms. The van der Waals surface area contributed by atoms with Crippen LogP contribution in [0.2, 0.25) is 0 Å². The molecule has 0 bridgehead atoms. The van der Waals surface area contributed by atoms with Crippen molar-refractivity contribution in [2.45, 2.75) is 53.0 Å². The van der Waals surface area contributed by atoms with Crippen molar-refractivity contribution in [1.29, 1.82) is 0 Å². The number of aliphatic imine (C=N–C) groups is 1. The molecule has 5 N–H and O–H groups in total. The molecule has 8 heteroatoms. The number of fused-ring (bicyclic) bond motifs is 1. The number of anilines is 1. The van der Waals surface area contributed by atoms with E-state index in [0.717, 1.165) is 52.1 Å². The number of nitrogens with one attached hydrogen (secondary N) is 2. The third-order valence-corrected chi connectivity index (χ3v) is 7.78. The zero-order valence-corrected chi connectivity index (χ0v) is 20.7. The summed E-state index contributed by atoms with van der Waals surface area (Å²) in [6.07, 6.45) is 8.52. The van der Waals surface area contributed by atoms with Crippen LogP contribution in [0, 0.1) is 11.3 Å². The van der Waals surface area contributed by atoms with Crippen LogP contribution < -0.4 is 11.1 Å². The highest BCUT2D eigenvalue weighted by molar-refractivity contribution is 6.06. The monoisotopic (exact) mass is 471 g/mol. The first-order valence-corrected chi connectivity index (χ1v) is 12.2. The van der Waals surface area contributed by atoms with Crippen molar-refractivity contribution in [3.8, 4) is 17.0 Å². The minimum Gasteiger partial charge on any atom is -0.508 e. The zero-order chi connectivity index (χ0) is 24.7. The summed E-state index contributed by atoms with van der Waals surface area (Å²) in [6.45, 7) is 9.02. The van der Waals surface area contributed by atoms with Crippen molar-refractivity contribution in [1.82, 2.24) is 19.8 Å². The fourth-order valence-electron chi connectivity index (χ4n) is 5.06. The summed E-state index contributed by atoms with van der Waals surface area (Å²) < 4.78 is 1.87. The summed E-state index contributed by atoms with van der Waals surface area (Å²) in [5.74, 6) is 1.22. The van der Waals surface area contributed by atoms with Crippen LogP contribution in [-0.2, 0) is 6.42 Å². The molecular formula is C27H33N7O. The van der Waals surface area contributed by atoms with Crippen LogP contribution in [0.3, 0.4) is 0 Å². The number of amidine groups is 1. The van der Waals surface area contributed by atoms with Gasteiger partial charge in [-0.05, 0) is 66.5 Å². The fraction of sp³-hybridized carbons (Fsp3) is 0.370. The lowest BCUT2D eigenvalue weighted by molar-refractivity contribution is 0.261. The second-order valence-corrected chi connectivity index (χ2v) is 10.1. The number of hydrogen-bond donors (Lipinski definition) is 4. The summed E-state index contributed by atoms with van der Waals surface area (Å²) in [5, 5.41) is 25.5. The van der Waals surface area contributed by atoms with Crippen LogP contribution in [0.25, 0.3) is 16.8 Å². The maximum absolute atomic E-state index is 9.88. The highest BCUT2D eigenvalue weighted by atomic mass is 16.3. The Balaban J connectivity index is 1.64. The van der Waals surface area contributed by atoms with E-state index in [9.17, 15) is 5.11 Å². The smallest absolute Gasteiger partial charge is 0.135 e. The number of benzene rings is 1. The van der Waals surface area contributed by atoms with Gasteiger partial charge in [-0.15, -0.1) is 0 Å². The van der Waals surface area contributed by atoms with Crippen molar-refractivity contribution in [2.75, 3.05) is 5.32 Å². The topological polar surface area (TPSA) is 117 Å². The maximum atomic E-state index is 9.88. The molecule has 1 fully saturated rings. The Bertz CT molecular complexity index is 1380. The maximum Gasteiger partial charge on any atom is 0.135 e. The van der Waals surface area contributed by atoms with Crippen molar-refractivity contribution in [2.24, 2.45) is 22.1 Å². The molecule has 8 nitrogen and oxygen atoms in total. The first-order valence-electron chi connectivity index (χ1n) is 12.2. The first kappa shape index (κ1) is 23.0. The number of aryl methyl sites for hydroxylation is 1. The predicted octanol–water partition coefficient (Wildman–Crippen LogP) is 5.27. The molecule has 2 atom stereocenters. The predicted molar refractivity (Wildman–Crippen MR) is 140 cm³/mol. The molecule has 182 valence electrons. The highest BCUT2D eigenvalue weighted by Gasteiger charge is 2.41. The van der Waals surface area contributed by atoms with Gasteiger partial charge in [0.1, 0.15) is 11.6 Å². The lowest BCUT2D eigenvalue weighted by Crippen LogP contribution is -2.35. The molecule has 3 aromatic heterocycles. The third kappa shape index (κ3) is 4.13. The Morgan fingerprint density at radius 2 is 2.11 bits per heavy atom. The van der Waals surface area contributed by atoms with E-state index in [-0.39, 0.29) is 11.2 Å². The number of aromatic amines is 1. The van der Waals surface area contributed by atoms with E-state index in [2.05, 4.69) is 47.5 Å². The van der Waals surface area contributed by atoms with Crippen molar-refractivity contribution in [3.05, 3.63) is 60.0 Å². The molecular weight excluding hydrogens is 438 g/mol. The Kier molecular flexibility index (Phi) is 5.75. The molecule has 0 saturated heterocycles. The van der Waals surface area contributed by atoms with Gasteiger partial charge in [0.25, 0.3) is 0 Å². The molecule has 2 unspecified atom stereocenters. The number of nitrogens with two attached hydrogens (primary N) is 1. The van der Waals surface area contributed by atoms with E-state index in [0.29, 0.717) is 17.8 Å². The number of H-pyrrole nitrogens is 1. The molecule has 35 heavy (non-hydrogen) atoms. The summed E-state index contributed by atoms with van der Waals surface area (Å²) in [5.41, 5.74) is 13.0. The van der Waals surface area contributed by atoms with Gasteiger partial charge in [0.2, 0.25) is 0 Å². The quantitative estimate of drug-likeness (QED) is 0.226. The van der Waals surface area contributed by atoms with Gasteiger partial charge < -0.3 is 16.2 Å². The lowest BCUT2D eigenvalue weighted by atomic mass is 9.80. The van der Waals surface area contributed by atoms with Crippen LogP contribution in [0.15, 0.2) is 53.9 Å². The molecule has 1 aliphatic carbocycles. The summed E-state index contributed by atoms with van der Waals surface area (Å²) in [7, 11) is 0. The van der Waals surface area contributed by atoms with Gasteiger partial charge in [0, 0.05) is 24.0 Å². The number of phenolic OH excluding ortho intramolecular Hbond substituents is 1. The largest absolute Gasteiger partial charge is 0.508 e. The molecule has 5 rings (SSSR count). The van der Waals surface area contributed by atoms with Crippen molar-refractivity contribution in [3.63, 3.8) is 0 Å². The van der Waals surface area contributed by atoms with E-state index in [1.54, 1.807) is 30.6 Å². The van der Waals surface area contributed by atoms with Crippen molar-refractivity contribution >= 4 is 22.7 Å². The van der Waals surface area contributed by atoms with Crippen LogP contribution in [0.4, 0.5) is 11.4 Å². The summed E-state index contributed by atoms with van der Waals surface area (Å²) >= 11 is 0. The molecule has 0 aliphatic heterocycles. The Hall–Kier alpha value is -3.81. The minimum absolute atomic E-state index is 0.134. The number of phenols is 1. The van der Waals surface area contributed by atoms with Gasteiger partial charge in [-0.2, -0.15) is 10.2 Å². The molecule has 0 radical (unpaired) electrons. The van der Waals surface area contributed by atoms with E-state index in [4.69, 9.17) is 10.7 Å². The van der Waals surface area contributed by atoms with E-state index in [1.165, 1.54) is 6.42 Å². The van der Waals surface area contributed by atoms with Crippen molar-refractivity contribution < 1.29 is 5.11 Å². The molecule has 1 aromatic carbocycles. The SMILES string of the molecule is CCc1cc(O)ccc1N=C(N)c1cnn2cc(-c3ccn[nH]3)cc2c1NC1CCC(C)C1(C)C. The molecule has 0 amide bonds. The second-order valence-electron chi connectivity index (χ2n) is 10.1. The molecule has 3 heterocycles. The van der Waals surface area contributed by atoms with Gasteiger partial charge in [-0.1, -0.05) is 27.7 Å². The average Bonchev–Trinajstić information content (AvgIpc) is 3.56. The van der Waals surface area contributed by atoms with Crippen LogP contribution in [0.1, 0.15) is 51.7 Å². The first-order chi connectivity index (χ1) is 16.8. The van der Waals surface area contributed by atoms with E-state index in [1.807, 2.05) is 23.7 Å². The van der Waals surface area contributed by atoms with Crippen LogP contribution >= 0.6 is 0 Å². The second kappa shape index (κ2) is 8.76. The fourth-order valence-corrected chi connectivity index (χ4v) is 5.06. The molecule has 1 saturated carbocycles. The normalized spacial score (nSPS) is 19.9. The lowest BCUT2D eigenvalue weighted by Gasteiger charge is -2.33. The van der Waals surface area contributed by atoms with Gasteiger partial charge in [0.05, 0.1) is 34.3 Å². The van der Waals surface area contributed by atoms with E-state index >= 15 is 0 Å². The average molecular weight is 472 g/mol. The summed E-state index contributed by atoms with van der Waals surface area (Å²) in [4.78, 5) is 4.77. The third-order valence-electron chi connectivity index (χ3n) is 7.78. The van der Waals surface area contributed by atoms with Crippen LogP contribution in [-0.4, -0.2) is 36.8 Å². The van der Waals surface area contributed by atoms with Crippen LogP contribution in [0.5, 0.6) is 5.75 Å². The van der Waals surface area contributed by atoms with Gasteiger partial charge in [-0.25, -0.2) is 9.51 Å². The van der Waals surface area contributed by atoms with Gasteiger partial charge in [-0.3, -0.25) is 5.10 Å². The molecule has 4 aromatic rings. The molecule has 1 aliphatic rings. The standard InChI is InChI=1S/C27H33N7O/c1-5-17-12-19(35)7-8-21(17)31-26(28)20-14-30-34-15-18(22-10-11-29-33-22)13-23(34)25(20)32-24-9-6-16(2)27(24,3)4/h7-8,10-16,24,32,35H,5-6,9H2,1-4H3,(H2,28,31)(H,29,33). The van der Waals surface area contributed by atoms with E-state index < -0.39 is 0 Å². The number of hydrogen-bond acceptors (Lipinski definition) is 5. The number of aromatic hydroxyl groups is 1. The highest BCUT2D eigenvalue weighted by Crippen LogP contribution is 2.44. The zero-order valence-electron chi connectivity index (χ0n) is 20.7. The minimum atomic E-state index is 0.134. The number of rotatable bonds is 6. The number of nitrogens with zero attached hydrogens (tertiary/aromatic N) is 4. The Morgan fingerprint density at radius 1 is 1.29 bits per heavy atom. The number of aromatic nitrogens is 4. The van der Waals surface area contributed by atoms with Gasteiger partial charge in [0.15, 0.2) is 0 Å². The summed E-state index contributed by atoms with van der Waals surface area (Å²) in [6, 6.07) is 9.51. The van der Waals surface area contributed by atoms with Gasteiger partial charge >= 0.3 is 0 Å².